The van der Waals surface area contributed by atoms with Gasteiger partial charge in [0.25, 0.3) is 0 Å². The Bertz CT molecular complexity index is 1030. The van der Waals surface area contributed by atoms with E-state index in [4.69, 9.17) is 16.0 Å². The third-order valence-corrected chi connectivity index (χ3v) is 5.30. The first kappa shape index (κ1) is 18.7. The Hall–Kier alpha value is -2.65. The van der Waals surface area contributed by atoms with Gasteiger partial charge < -0.3 is 4.42 Å². The summed E-state index contributed by atoms with van der Waals surface area (Å²) in [6, 6.07) is 11.3. The summed E-state index contributed by atoms with van der Waals surface area (Å²) in [5.41, 5.74) is 0.936. The molecule has 3 heterocycles. The van der Waals surface area contributed by atoms with Gasteiger partial charge in [-0.3, -0.25) is 4.57 Å². The molecule has 0 fully saturated rings. The maximum atomic E-state index is 6.02. The van der Waals surface area contributed by atoms with Crippen LogP contribution in [0.25, 0.3) is 11.4 Å². The van der Waals surface area contributed by atoms with E-state index in [1.54, 1.807) is 18.0 Å². The van der Waals surface area contributed by atoms with E-state index in [1.165, 1.54) is 0 Å². The lowest BCUT2D eigenvalue weighted by atomic mass is 10.2. The first-order valence-electron chi connectivity index (χ1n) is 8.84. The van der Waals surface area contributed by atoms with Gasteiger partial charge in [0, 0.05) is 17.1 Å². The summed E-state index contributed by atoms with van der Waals surface area (Å²) in [5, 5.41) is 22.2. The number of rotatable bonds is 8. The Morgan fingerprint density at radius 2 is 1.96 bits per heavy atom. The minimum Gasteiger partial charge on any atom is -0.467 e. The molecule has 8 nitrogen and oxygen atoms in total. The number of benzene rings is 1. The van der Waals surface area contributed by atoms with Crippen molar-refractivity contribution in [2.45, 2.75) is 37.3 Å². The van der Waals surface area contributed by atoms with Gasteiger partial charge in [-0.15, -0.1) is 15.3 Å². The zero-order valence-electron chi connectivity index (χ0n) is 15.2. The van der Waals surface area contributed by atoms with Gasteiger partial charge in [0.15, 0.2) is 16.8 Å². The fourth-order valence-electron chi connectivity index (χ4n) is 2.75. The first-order chi connectivity index (χ1) is 13.7. The number of nitrogens with zero attached hydrogens (tertiary/aromatic N) is 7. The zero-order chi connectivity index (χ0) is 19.3. The Kier molecular flexibility index (Phi) is 5.73. The molecule has 4 aromatic rings. The van der Waals surface area contributed by atoms with E-state index in [0.717, 1.165) is 41.1 Å². The van der Waals surface area contributed by atoms with Crippen LogP contribution in [0, 0.1) is 0 Å². The molecular formula is C18H18ClN7OS. The maximum absolute atomic E-state index is 6.02. The normalized spacial score (nSPS) is 11.2. The average molecular weight is 416 g/mol. The summed E-state index contributed by atoms with van der Waals surface area (Å²) in [6.45, 7) is 3.41. The highest BCUT2D eigenvalue weighted by Gasteiger charge is 2.17. The van der Waals surface area contributed by atoms with E-state index in [2.05, 4.69) is 32.6 Å². The Morgan fingerprint density at radius 1 is 1.11 bits per heavy atom. The number of aromatic nitrogens is 7. The molecule has 0 aliphatic carbocycles. The highest BCUT2D eigenvalue weighted by molar-refractivity contribution is 7.98. The van der Waals surface area contributed by atoms with Gasteiger partial charge in [-0.2, -0.15) is 0 Å². The van der Waals surface area contributed by atoms with Crippen molar-refractivity contribution in [2.24, 2.45) is 0 Å². The molecule has 4 rings (SSSR count). The Balaban J connectivity index is 1.62. The molecular weight excluding hydrogens is 398 g/mol. The molecule has 0 aliphatic heterocycles. The van der Waals surface area contributed by atoms with E-state index in [1.807, 2.05) is 45.6 Å². The number of halogens is 1. The molecule has 1 aromatic carbocycles. The van der Waals surface area contributed by atoms with Crippen molar-refractivity contribution in [3.63, 3.8) is 0 Å². The van der Waals surface area contributed by atoms with E-state index in [9.17, 15) is 0 Å². The molecule has 0 unspecified atom stereocenters. The van der Waals surface area contributed by atoms with Crippen LogP contribution in [0.15, 0.2) is 52.2 Å². The fraction of sp³-hybridized carbons (Fsp3) is 0.278. The summed E-state index contributed by atoms with van der Waals surface area (Å²) < 4.78 is 9.38. The van der Waals surface area contributed by atoms with E-state index in [0.29, 0.717) is 17.3 Å². The Labute approximate surface area is 170 Å². The topological polar surface area (TPSA) is 87.5 Å². The largest absolute Gasteiger partial charge is 0.467 e. The van der Waals surface area contributed by atoms with Gasteiger partial charge >= 0.3 is 0 Å². The molecule has 0 atom stereocenters. The van der Waals surface area contributed by atoms with Crippen molar-refractivity contribution in [1.29, 1.82) is 0 Å². The molecule has 0 saturated heterocycles. The monoisotopic (exact) mass is 415 g/mol. The maximum Gasteiger partial charge on any atom is 0.192 e. The second kappa shape index (κ2) is 8.57. The zero-order valence-corrected chi connectivity index (χ0v) is 16.8. The molecule has 0 N–H and O–H groups in total. The quantitative estimate of drug-likeness (QED) is 0.403. The van der Waals surface area contributed by atoms with Crippen molar-refractivity contribution < 1.29 is 4.42 Å². The smallest absolute Gasteiger partial charge is 0.192 e. The van der Waals surface area contributed by atoms with Gasteiger partial charge in [-0.25, -0.2) is 4.68 Å². The van der Waals surface area contributed by atoms with Crippen LogP contribution >= 0.6 is 23.4 Å². The molecule has 144 valence electrons. The third kappa shape index (κ3) is 4.10. The number of hydrogen-bond donors (Lipinski definition) is 0. The molecule has 0 bridgehead atoms. The molecule has 3 aromatic heterocycles. The SMILES string of the molecule is CCCn1nnnc1CSc1nnc(-c2ccc(Cl)cc2)n1Cc1ccco1. The van der Waals surface area contributed by atoms with Crippen molar-refractivity contribution in [3.05, 3.63) is 59.3 Å². The predicted molar refractivity (Wildman–Crippen MR) is 106 cm³/mol. The van der Waals surface area contributed by atoms with Crippen LogP contribution in [0.3, 0.4) is 0 Å². The van der Waals surface area contributed by atoms with Gasteiger partial charge in [0.1, 0.15) is 5.76 Å². The van der Waals surface area contributed by atoms with Gasteiger partial charge in [-0.1, -0.05) is 30.3 Å². The summed E-state index contributed by atoms with van der Waals surface area (Å²) >= 11 is 7.57. The summed E-state index contributed by atoms with van der Waals surface area (Å²) in [6.07, 6.45) is 2.63. The number of aryl methyl sites for hydroxylation is 1. The molecule has 0 aliphatic rings. The predicted octanol–water partition coefficient (Wildman–Crippen LogP) is 3.93. The van der Waals surface area contributed by atoms with Crippen molar-refractivity contribution >= 4 is 23.4 Å². The summed E-state index contributed by atoms with van der Waals surface area (Å²) in [4.78, 5) is 0. The third-order valence-electron chi connectivity index (χ3n) is 4.09. The number of tetrazole rings is 1. The minimum absolute atomic E-state index is 0.528. The number of thioether (sulfide) groups is 1. The highest BCUT2D eigenvalue weighted by Crippen LogP contribution is 2.27. The van der Waals surface area contributed by atoms with Gasteiger partial charge in [0.05, 0.1) is 18.6 Å². The van der Waals surface area contributed by atoms with E-state index < -0.39 is 0 Å². The lowest BCUT2D eigenvalue weighted by Crippen LogP contribution is -2.06. The van der Waals surface area contributed by atoms with Crippen molar-refractivity contribution in [2.75, 3.05) is 0 Å². The first-order valence-corrected chi connectivity index (χ1v) is 10.2. The second-order valence-corrected chi connectivity index (χ2v) is 7.46. The van der Waals surface area contributed by atoms with Crippen LogP contribution in [0.5, 0.6) is 0 Å². The second-order valence-electron chi connectivity index (χ2n) is 6.09. The molecule has 10 heteroatoms. The van der Waals surface area contributed by atoms with Crippen LogP contribution < -0.4 is 0 Å². The van der Waals surface area contributed by atoms with Gasteiger partial charge in [-0.05, 0) is 53.2 Å². The number of hydrogen-bond acceptors (Lipinski definition) is 7. The Morgan fingerprint density at radius 3 is 2.71 bits per heavy atom. The summed E-state index contributed by atoms with van der Waals surface area (Å²) in [7, 11) is 0. The number of furan rings is 1. The van der Waals surface area contributed by atoms with E-state index in [-0.39, 0.29) is 0 Å². The molecule has 28 heavy (non-hydrogen) atoms. The van der Waals surface area contributed by atoms with Crippen LogP contribution in [0.2, 0.25) is 5.02 Å². The molecule has 0 radical (unpaired) electrons. The highest BCUT2D eigenvalue weighted by atomic mass is 35.5. The van der Waals surface area contributed by atoms with Crippen LogP contribution in [0.4, 0.5) is 0 Å². The van der Waals surface area contributed by atoms with E-state index >= 15 is 0 Å². The molecule has 0 amide bonds. The van der Waals surface area contributed by atoms with Crippen LogP contribution in [0.1, 0.15) is 24.9 Å². The summed E-state index contributed by atoms with van der Waals surface area (Å²) in [5.74, 6) is 2.99. The standard InChI is InChI=1S/C18H18ClN7OS/c1-2-9-26-16(20-23-24-26)12-28-18-22-21-17(13-5-7-14(19)8-6-13)25(18)11-15-4-3-10-27-15/h3-8,10H,2,9,11-12H2,1H3. The molecule has 0 spiro atoms. The fourth-order valence-corrected chi connectivity index (χ4v) is 3.75. The van der Waals surface area contributed by atoms with Crippen molar-refractivity contribution in [3.8, 4) is 11.4 Å². The lowest BCUT2D eigenvalue weighted by molar-refractivity contribution is 0.485. The van der Waals surface area contributed by atoms with Crippen LogP contribution in [-0.4, -0.2) is 35.0 Å². The van der Waals surface area contributed by atoms with Crippen molar-refractivity contribution in [1.82, 2.24) is 35.0 Å². The lowest BCUT2D eigenvalue weighted by Gasteiger charge is -2.09. The van der Waals surface area contributed by atoms with Crippen LogP contribution in [-0.2, 0) is 18.8 Å². The average Bonchev–Trinajstić information content (AvgIpc) is 3.44. The van der Waals surface area contributed by atoms with Gasteiger partial charge in [0.2, 0.25) is 0 Å². The minimum atomic E-state index is 0.528. The molecule has 0 saturated carbocycles.